The molecule has 102 valence electrons. The van der Waals surface area contributed by atoms with Gasteiger partial charge >= 0.3 is 0 Å². The predicted molar refractivity (Wildman–Crippen MR) is 73.1 cm³/mol. The van der Waals surface area contributed by atoms with Gasteiger partial charge in [0.2, 0.25) is 10.0 Å². The Balaban J connectivity index is 2.91. The number of rotatable bonds is 4. The molecule has 0 atom stereocenters. The molecule has 1 heterocycles. The van der Waals surface area contributed by atoms with Crippen molar-refractivity contribution in [2.24, 2.45) is 0 Å². The molecule has 0 bridgehead atoms. The second-order valence-corrected chi connectivity index (χ2v) is 7.22. The van der Waals surface area contributed by atoms with E-state index in [0.29, 0.717) is 5.82 Å². The molecule has 0 saturated heterocycles. The molecule has 1 rings (SSSR count). The smallest absolute Gasteiger partial charge is 0.242 e. The first-order valence-electron chi connectivity index (χ1n) is 5.87. The second-order valence-electron chi connectivity index (χ2n) is 5.53. The Labute approximate surface area is 109 Å². The van der Waals surface area contributed by atoms with Crippen LogP contribution in [0.2, 0.25) is 0 Å². The third-order valence-electron chi connectivity index (χ3n) is 1.92. The van der Waals surface area contributed by atoms with Gasteiger partial charge in [0.1, 0.15) is 10.7 Å². The lowest BCUT2D eigenvalue weighted by Crippen LogP contribution is -2.40. The first-order chi connectivity index (χ1) is 8.10. The Morgan fingerprint density at radius 3 is 2.22 bits per heavy atom. The number of pyridine rings is 1. The van der Waals surface area contributed by atoms with E-state index < -0.39 is 15.6 Å². The fourth-order valence-corrected chi connectivity index (χ4v) is 2.75. The summed E-state index contributed by atoms with van der Waals surface area (Å²) in [6, 6.07) is 3.47. The number of nitrogens with one attached hydrogen (secondary N) is 2. The Morgan fingerprint density at radius 1 is 1.22 bits per heavy atom. The van der Waals surface area contributed by atoms with Crippen LogP contribution in [0.3, 0.4) is 0 Å². The maximum atomic E-state index is 12.0. The molecule has 1 aromatic rings. The average Bonchev–Trinajstić information content (AvgIpc) is 2.13. The zero-order valence-electron chi connectivity index (χ0n) is 11.5. The molecule has 1 aromatic heterocycles. The summed E-state index contributed by atoms with van der Waals surface area (Å²) in [5, 5.41) is 3.11. The maximum absolute atomic E-state index is 12.0. The summed E-state index contributed by atoms with van der Waals surface area (Å²) in [5.41, 5.74) is -0.506. The summed E-state index contributed by atoms with van der Waals surface area (Å²) in [7, 11) is -3.50. The molecule has 0 fully saturated rings. The van der Waals surface area contributed by atoms with Gasteiger partial charge in [0, 0.05) is 17.8 Å². The Morgan fingerprint density at radius 2 is 1.83 bits per heavy atom. The van der Waals surface area contributed by atoms with Crippen molar-refractivity contribution < 1.29 is 8.42 Å². The van der Waals surface area contributed by atoms with Crippen LogP contribution in [-0.4, -0.2) is 25.0 Å². The van der Waals surface area contributed by atoms with Gasteiger partial charge < -0.3 is 5.32 Å². The van der Waals surface area contributed by atoms with Crippen LogP contribution >= 0.6 is 0 Å². The minimum Gasteiger partial charge on any atom is -0.368 e. The van der Waals surface area contributed by atoms with E-state index in [-0.39, 0.29) is 10.9 Å². The number of hydrogen-bond acceptors (Lipinski definition) is 4. The van der Waals surface area contributed by atoms with Crippen molar-refractivity contribution in [2.75, 3.05) is 5.32 Å². The maximum Gasteiger partial charge on any atom is 0.242 e. The fourth-order valence-electron chi connectivity index (χ4n) is 1.38. The highest BCUT2D eigenvalue weighted by atomic mass is 32.2. The summed E-state index contributed by atoms with van der Waals surface area (Å²) in [6.07, 6.45) is 1.36. The Hall–Kier alpha value is -1.14. The fraction of sp³-hybridized carbons (Fsp3) is 0.583. The first-order valence-corrected chi connectivity index (χ1v) is 7.35. The minimum atomic E-state index is -3.50. The molecule has 0 amide bonds. The summed E-state index contributed by atoms with van der Waals surface area (Å²) in [5.74, 6) is 0.666. The minimum absolute atomic E-state index is 0.173. The summed E-state index contributed by atoms with van der Waals surface area (Å²) in [6.45, 7) is 9.38. The van der Waals surface area contributed by atoms with Crippen LogP contribution in [0.5, 0.6) is 0 Å². The molecule has 6 heteroatoms. The summed E-state index contributed by atoms with van der Waals surface area (Å²) in [4.78, 5) is 4.26. The third-order valence-corrected chi connectivity index (χ3v) is 3.67. The standard InChI is InChI=1S/C12H21N3O2S/c1-9(2)14-11-7-6-10(8-13-11)18(16,17)15-12(3,4)5/h6-9,15H,1-5H3,(H,13,14). The molecular weight excluding hydrogens is 250 g/mol. The molecule has 0 aromatic carbocycles. The van der Waals surface area contributed by atoms with Crippen molar-refractivity contribution in [3.63, 3.8) is 0 Å². The monoisotopic (exact) mass is 271 g/mol. The zero-order chi connectivity index (χ0) is 14.0. The highest BCUT2D eigenvalue weighted by molar-refractivity contribution is 7.89. The second kappa shape index (κ2) is 5.24. The van der Waals surface area contributed by atoms with Crippen LogP contribution in [0.4, 0.5) is 5.82 Å². The molecule has 0 aliphatic heterocycles. The quantitative estimate of drug-likeness (QED) is 0.878. The van der Waals surface area contributed by atoms with E-state index >= 15 is 0 Å². The molecule has 2 N–H and O–H groups in total. The van der Waals surface area contributed by atoms with Gasteiger partial charge in [-0.1, -0.05) is 0 Å². The highest BCUT2D eigenvalue weighted by Gasteiger charge is 2.22. The lowest BCUT2D eigenvalue weighted by Gasteiger charge is -2.20. The molecule has 5 nitrogen and oxygen atoms in total. The SMILES string of the molecule is CC(C)Nc1ccc(S(=O)(=O)NC(C)(C)C)cn1. The van der Waals surface area contributed by atoms with E-state index in [9.17, 15) is 8.42 Å². The van der Waals surface area contributed by atoms with Crippen LogP contribution < -0.4 is 10.0 Å². The van der Waals surface area contributed by atoms with E-state index in [1.165, 1.54) is 6.20 Å². The van der Waals surface area contributed by atoms with Gasteiger partial charge in [-0.3, -0.25) is 0 Å². The number of nitrogens with zero attached hydrogens (tertiary/aromatic N) is 1. The highest BCUT2D eigenvalue weighted by Crippen LogP contribution is 2.14. The van der Waals surface area contributed by atoms with E-state index in [1.807, 2.05) is 13.8 Å². The Kier molecular flexibility index (Phi) is 4.34. The van der Waals surface area contributed by atoms with Crippen molar-refractivity contribution in [1.82, 2.24) is 9.71 Å². The van der Waals surface area contributed by atoms with E-state index in [0.717, 1.165) is 0 Å². The number of sulfonamides is 1. The lowest BCUT2D eigenvalue weighted by molar-refractivity contribution is 0.491. The number of aromatic nitrogens is 1. The topological polar surface area (TPSA) is 71.1 Å². The largest absolute Gasteiger partial charge is 0.368 e. The van der Waals surface area contributed by atoms with Crippen LogP contribution in [0.1, 0.15) is 34.6 Å². The van der Waals surface area contributed by atoms with E-state index in [4.69, 9.17) is 0 Å². The molecular formula is C12H21N3O2S. The van der Waals surface area contributed by atoms with Gasteiger partial charge in [-0.25, -0.2) is 18.1 Å². The van der Waals surface area contributed by atoms with E-state index in [1.54, 1.807) is 32.9 Å². The molecule has 0 unspecified atom stereocenters. The zero-order valence-corrected chi connectivity index (χ0v) is 12.3. The van der Waals surface area contributed by atoms with Gasteiger partial charge in [-0.05, 0) is 46.8 Å². The third kappa shape index (κ3) is 4.62. The molecule has 0 aliphatic rings. The first kappa shape index (κ1) is 14.9. The summed E-state index contributed by atoms with van der Waals surface area (Å²) >= 11 is 0. The van der Waals surface area contributed by atoms with Crippen LogP contribution in [0.15, 0.2) is 23.2 Å². The van der Waals surface area contributed by atoms with Crippen LogP contribution in [-0.2, 0) is 10.0 Å². The van der Waals surface area contributed by atoms with Crippen molar-refractivity contribution in [3.05, 3.63) is 18.3 Å². The number of hydrogen-bond donors (Lipinski definition) is 2. The lowest BCUT2D eigenvalue weighted by atomic mass is 10.1. The van der Waals surface area contributed by atoms with Crippen molar-refractivity contribution in [1.29, 1.82) is 0 Å². The van der Waals surface area contributed by atoms with Gasteiger partial charge in [-0.15, -0.1) is 0 Å². The van der Waals surface area contributed by atoms with Crippen molar-refractivity contribution in [2.45, 2.75) is 51.1 Å². The van der Waals surface area contributed by atoms with Gasteiger partial charge in [0.15, 0.2) is 0 Å². The molecule has 18 heavy (non-hydrogen) atoms. The molecule has 0 radical (unpaired) electrons. The van der Waals surface area contributed by atoms with Crippen LogP contribution in [0.25, 0.3) is 0 Å². The van der Waals surface area contributed by atoms with Gasteiger partial charge in [0.05, 0.1) is 0 Å². The predicted octanol–water partition coefficient (Wildman–Crippen LogP) is 1.98. The number of anilines is 1. The van der Waals surface area contributed by atoms with Gasteiger partial charge in [-0.2, -0.15) is 0 Å². The molecule has 0 spiro atoms. The molecule has 0 saturated carbocycles. The van der Waals surface area contributed by atoms with Gasteiger partial charge in [0.25, 0.3) is 0 Å². The average molecular weight is 271 g/mol. The van der Waals surface area contributed by atoms with Crippen molar-refractivity contribution in [3.8, 4) is 0 Å². The summed E-state index contributed by atoms with van der Waals surface area (Å²) < 4.78 is 26.6. The van der Waals surface area contributed by atoms with Crippen LogP contribution in [0, 0.1) is 0 Å². The van der Waals surface area contributed by atoms with E-state index in [2.05, 4.69) is 15.0 Å². The normalized spacial score (nSPS) is 12.8. The van der Waals surface area contributed by atoms with Crippen molar-refractivity contribution >= 4 is 15.8 Å². The Bertz CT molecular complexity index is 487. The molecule has 0 aliphatic carbocycles.